The quantitative estimate of drug-likeness (QED) is 0.428. The third kappa shape index (κ3) is 4.03. The maximum atomic E-state index is 12.1. The van der Waals surface area contributed by atoms with Gasteiger partial charge in [0.25, 0.3) is 0 Å². The molecule has 0 aliphatic heterocycles. The molecule has 0 aliphatic carbocycles. The molecular formula is C12H12BrN2O3PS2. The molecule has 2 aromatic heterocycles. The predicted octanol–water partition coefficient (Wildman–Crippen LogP) is 3.63. The van der Waals surface area contributed by atoms with Gasteiger partial charge in [-0.15, -0.1) is 0 Å². The maximum absolute atomic E-state index is 12.1. The van der Waals surface area contributed by atoms with E-state index < -0.39 is 24.2 Å². The van der Waals surface area contributed by atoms with E-state index in [0.717, 1.165) is 4.47 Å². The van der Waals surface area contributed by atoms with Crippen molar-refractivity contribution in [2.24, 2.45) is 0 Å². The minimum Gasteiger partial charge on any atom is -0.774 e. The molecular weight excluding hydrogens is 395 g/mol. The molecule has 0 saturated heterocycles. The molecule has 0 amide bonds. The molecule has 0 aliphatic rings. The topological polar surface area (TPSA) is 75.1 Å². The monoisotopic (exact) mass is 406 g/mol. The lowest BCUT2D eigenvalue weighted by atomic mass is 10.5. The summed E-state index contributed by atoms with van der Waals surface area (Å²) < 4.78 is 17.6. The van der Waals surface area contributed by atoms with Crippen LogP contribution in [0, 0.1) is 0 Å². The number of halogens is 1. The molecule has 0 N–H and O–H groups in total. The number of thiophene rings is 1. The highest BCUT2D eigenvalue weighted by Gasteiger charge is 2.30. The van der Waals surface area contributed by atoms with Crippen LogP contribution in [0.2, 0.25) is 0 Å². The molecule has 5 nitrogen and oxygen atoms in total. The molecule has 0 saturated carbocycles. The Balaban J connectivity index is 2.39. The largest absolute Gasteiger partial charge is 0.774 e. The van der Waals surface area contributed by atoms with Gasteiger partial charge in [0.1, 0.15) is 9.99 Å². The second-order valence-corrected chi connectivity index (χ2v) is 9.37. The van der Waals surface area contributed by atoms with E-state index >= 15 is 0 Å². The van der Waals surface area contributed by atoms with Crippen molar-refractivity contribution in [1.29, 1.82) is 0 Å². The van der Waals surface area contributed by atoms with E-state index in [-0.39, 0.29) is 4.61 Å². The highest BCUT2D eigenvalue weighted by molar-refractivity contribution is 9.10. The molecule has 2 heterocycles. The lowest BCUT2D eigenvalue weighted by Gasteiger charge is -2.24. The molecule has 2 unspecified atom stereocenters. The summed E-state index contributed by atoms with van der Waals surface area (Å²) in [6, 6.07) is 3.43. The molecule has 0 bridgehead atoms. The standard InChI is InChI=1S/C12H12BrN2O3PS2/c1-8(2)18-19(16,17)11(20)10-4-3-5-21(10)12-14-6-9(13)7-15-12/h3-8H,1-2H3. The first kappa shape index (κ1) is 16.9. The number of aromatic nitrogens is 2. The highest BCUT2D eigenvalue weighted by Crippen LogP contribution is 2.47. The number of hydrogen-bond donors (Lipinski definition) is 0. The third-order valence-corrected chi connectivity index (χ3v) is 7.17. The van der Waals surface area contributed by atoms with Gasteiger partial charge in [0.2, 0.25) is 4.88 Å². The molecule has 21 heavy (non-hydrogen) atoms. The summed E-state index contributed by atoms with van der Waals surface area (Å²) in [4.78, 5) is 21.0. The van der Waals surface area contributed by atoms with Crippen LogP contribution in [0.3, 0.4) is 0 Å². The van der Waals surface area contributed by atoms with E-state index in [9.17, 15) is 9.46 Å². The summed E-state index contributed by atoms with van der Waals surface area (Å²) in [6.07, 6.45) is 2.78. The van der Waals surface area contributed by atoms with Crippen LogP contribution in [-0.4, -0.2) is 20.7 Å². The predicted molar refractivity (Wildman–Crippen MR) is 89.1 cm³/mol. The molecule has 0 spiro atoms. The SMILES string of the molecule is CC(C)OP(=O)([O-])C(=S)c1ccc[s+]1-c1ncc(Br)cn1. The van der Waals surface area contributed by atoms with E-state index in [0.29, 0.717) is 10.0 Å². The van der Waals surface area contributed by atoms with Crippen molar-refractivity contribution in [2.45, 2.75) is 20.0 Å². The van der Waals surface area contributed by atoms with Crippen molar-refractivity contribution >= 4 is 50.8 Å². The Hall–Kier alpha value is -0.500. The second-order valence-electron chi connectivity index (χ2n) is 4.34. The van der Waals surface area contributed by atoms with Crippen LogP contribution in [-0.2, 0) is 9.09 Å². The van der Waals surface area contributed by atoms with Crippen molar-refractivity contribution in [1.82, 2.24) is 9.97 Å². The van der Waals surface area contributed by atoms with Crippen LogP contribution in [0.5, 0.6) is 0 Å². The van der Waals surface area contributed by atoms with Crippen LogP contribution < -0.4 is 4.89 Å². The minimum absolute atomic E-state index is 0.184. The Morgan fingerprint density at radius 1 is 1.48 bits per heavy atom. The normalized spacial score (nSPS) is 15.0. The molecule has 2 rings (SSSR count). The fourth-order valence-electron chi connectivity index (χ4n) is 1.55. The number of rotatable bonds is 5. The fourth-order valence-corrected chi connectivity index (χ4v) is 5.29. The van der Waals surface area contributed by atoms with E-state index in [4.69, 9.17) is 16.7 Å². The highest BCUT2D eigenvalue weighted by atomic mass is 79.9. The van der Waals surface area contributed by atoms with E-state index in [1.807, 2.05) is 5.38 Å². The fraction of sp³-hybridized carbons (Fsp3) is 0.250. The maximum Gasteiger partial charge on any atom is 0.371 e. The summed E-state index contributed by atoms with van der Waals surface area (Å²) in [5.74, 6) is 0. The van der Waals surface area contributed by atoms with Gasteiger partial charge in [0, 0.05) is 6.07 Å². The van der Waals surface area contributed by atoms with Gasteiger partial charge in [-0.1, -0.05) is 12.2 Å². The first-order chi connectivity index (χ1) is 9.81. The van der Waals surface area contributed by atoms with Crippen LogP contribution in [0.4, 0.5) is 0 Å². The second kappa shape index (κ2) is 6.73. The summed E-state index contributed by atoms with van der Waals surface area (Å²) in [7, 11) is -4.92. The lowest BCUT2D eigenvalue weighted by Crippen LogP contribution is -2.16. The number of thiocarbonyl (C=S) groups is 1. The number of hydrogen-bond acceptors (Lipinski definition) is 6. The van der Waals surface area contributed by atoms with E-state index in [1.165, 1.54) is 0 Å². The molecule has 0 fully saturated rings. The zero-order valence-electron chi connectivity index (χ0n) is 11.2. The summed E-state index contributed by atoms with van der Waals surface area (Å²) in [6.45, 7) is 3.29. The zero-order valence-corrected chi connectivity index (χ0v) is 15.3. The van der Waals surface area contributed by atoms with E-state index in [2.05, 4.69) is 25.9 Å². The van der Waals surface area contributed by atoms with Gasteiger partial charge in [-0.05, 0) is 35.8 Å². The van der Waals surface area contributed by atoms with Crippen molar-refractivity contribution in [2.75, 3.05) is 0 Å². The van der Waals surface area contributed by atoms with Crippen LogP contribution in [0.1, 0.15) is 18.7 Å². The Bertz CT molecular complexity index is 703. The van der Waals surface area contributed by atoms with Crippen LogP contribution >= 0.6 is 46.2 Å². The Morgan fingerprint density at radius 2 is 2.10 bits per heavy atom. The number of nitrogens with zero attached hydrogens (tertiary/aromatic N) is 2. The molecule has 0 aromatic carbocycles. The van der Waals surface area contributed by atoms with Crippen molar-refractivity contribution in [3.8, 4) is 5.16 Å². The Kier molecular flexibility index (Phi) is 5.40. The molecule has 112 valence electrons. The first-order valence-electron chi connectivity index (χ1n) is 5.95. The zero-order chi connectivity index (χ0) is 15.6. The Labute approximate surface area is 139 Å². The lowest BCUT2D eigenvalue weighted by molar-refractivity contribution is -0.194. The summed E-state index contributed by atoms with van der Waals surface area (Å²) >= 11 is 8.37. The van der Waals surface area contributed by atoms with Gasteiger partial charge < -0.3 is 14.0 Å². The molecule has 2 aromatic rings. The van der Waals surface area contributed by atoms with Crippen LogP contribution in [0.25, 0.3) is 5.16 Å². The van der Waals surface area contributed by atoms with Crippen molar-refractivity contribution in [3.05, 3.63) is 39.3 Å². The summed E-state index contributed by atoms with van der Waals surface area (Å²) in [5, 5.41) is 2.35. The average Bonchev–Trinajstić information content (AvgIpc) is 2.86. The Morgan fingerprint density at radius 3 is 2.67 bits per heavy atom. The molecule has 0 radical (unpaired) electrons. The van der Waals surface area contributed by atoms with Gasteiger partial charge in [-0.25, -0.2) is 0 Å². The minimum atomic E-state index is -4.24. The van der Waals surface area contributed by atoms with Gasteiger partial charge in [-0.2, -0.15) is 9.97 Å². The first-order valence-corrected chi connectivity index (χ1v) is 9.98. The van der Waals surface area contributed by atoms with Gasteiger partial charge in [0.15, 0.2) is 7.60 Å². The van der Waals surface area contributed by atoms with Gasteiger partial charge in [0.05, 0.1) is 33.4 Å². The van der Waals surface area contributed by atoms with Crippen LogP contribution in [0.15, 0.2) is 34.4 Å². The van der Waals surface area contributed by atoms with Gasteiger partial charge >= 0.3 is 5.16 Å². The summed E-state index contributed by atoms with van der Waals surface area (Å²) in [5.41, 5.74) is 0. The van der Waals surface area contributed by atoms with Crippen molar-refractivity contribution < 1.29 is 14.0 Å². The third-order valence-electron chi connectivity index (χ3n) is 2.30. The smallest absolute Gasteiger partial charge is 0.371 e. The van der Waals surface area contributed by atoms with Crippen molar-refractivity contribution in [3.63, 3.8) is 0 Å². The van der Waals surface area contributed by atoms with E-state index in [1.54, 1.807) is 38.4 Å². The average molecular weight is 407 g/mol. The van der Waals surface area contributed by atoms with Gasteiger partial charge in [-0.3, -0.25) is 0 Å². The molecule has 9 heteroatoms. The molecule has 2 atom stereocenters.